The Labute approximate surface area is 154 Å². The van der Waals surface area contributed by atoms with Crippen molar-refractivity contribution >= 4 is 17.4 Å². The van der Waals surface area contributed by atoms with Crippen LogP contribution in [0.3, 0.4) is 0 Å². The lowest BCUT2D eigenvalue weighted by atomic mass is 10.1. The van der Waals surface area contributed by atoms with Gasteiger partial charge in [0.15, 0.2) is 0 Å². The van der Waals surface area contributed by atoms with Crippen LogP contribution in [0.4, 0.5) is 16.2 Å². The van der Waals surface area contributed by atoms with E-state index in [-0.39, 0.29) is 11.8 Å². The first-order chi connectivity index (χ1) is 12.6. The molecule has 1 aliphatic heterocycles. The Morgan fingerprint density at radius 3 is 2.46 bits per heavy atom. The molecule has 0 spiro atoms. The molecule has 6 nitrogen and oxygen atoms in total. The van der Waals surface area contributed by atoms with E-state index in [9.17, 15) is 9.90 Å². The zero-order valence-corrected chi connectivity index (χ0v) is 15.1. The lowest BCUT2D eigenvalue weighted by Gasteiger charge is -2.35. The summed E-state index contributed by atoms with van der Waals surface area (Å²) in [6.07, 6.45) is 0.716. The second-order valence-corrected chi connectivity index (χ2v) is 6.60. The number of phenols is 1. The van der Waals surface area contributed by atoms with Crippen LogP contribution in [0.15, 0.2) is 48.5 Å². The SMILES string of the molecule is CN1CCN(c2ccccc2NC(=O)NCCc2ccc(O)cc2)CC1. The van der Waals surface area contributed by atoms with Gasteiger partial charge in [-0.1, -0.05) is 24.3 Å². The minimum absolute atomic E-state index is 0.203. The van der Waals surface area contributed by atoms with Crippen LogP contribution in [0, 0.1) is 0 Å². The number of nitrogens with zero attached hydrogens (tertiary/aromatic N) is 2. The quantitative estimate of drug-likeness (QED) is 0.772. The van der Waals surface area contributed by atoms with E-state index in [1.165, 1.54) is 0 Å². The minimum atomic E-state index is -0.203. The van der Waals surface area contributed by atoms with Crippen LogP contribution in [-0.2, 0) is 6.42 Å². The zero-order chi connectivity index (χ0) is 18.4. The molecule has 138 valence electrons. The molecule has 1 fully saturated rings. The van der Waals surface area contributed by atoms with Gasteiger partial charge in [-0.05, 0) is 43.3 Å². The van der Waals surface area contributed by atoms with E-state index in [1.54, 1.807) is 12.1 Å². The predicted molar refractivity (Wildman–Crippen MR) is 105 cm³/mol. The van der Waals surface area contributed by atoms with E-state index in [2.05, 4.69) is 33.5 Å². The van der Waals surface area contributed by atoms with E-state index in [4.69, 9.17) is 0 Å². The summed E-state index contributed by atoms with van der Waals surface area (Å²) in [4.78, 5) is 16.9. The molecule has 2 amide bonds. The monoisotopic (exact) mass is 354 g/mol. The van der Waals surface area contributed by atoms with Crippen molar-refractivity contribution in [1.29, 1.82) is 0 Å². The zero-order valence-electron chi connectivity index (χ0n) is 15.1. The molecule has 26 heavy (non-hydrogen) atoms. The van der Waals surface area contributed by atoms with Gasteiger partial charge in [0, 0.05) is 32.7 Å². The number of nitrogens with one attached hydrogen (secondary N) is 2. The van der Waals surface area contributed by atoms with Crippen molar-refractivity contribution < 1.29 is 9.90 Å². The summed E-state index contributed by atoms with van der Waals surface area (Å²) in [6.45, 7) is 4.49. The van der Waals surface area contributed by atoms with Gasteiger partial charge in [0.05, 0.1) is 11.4 Å². The molecule has 0 aliphatic carbocycles. The minimum Gasteiger partial charge on any atom is -0.508 e. The first kappa shape index (κ1) is 18.1. The Morgan fingerprint density at radius 1 is 1.04 bits per heavy atom. The summed E-state index contributed by atoms with van der Waals surface area (Å²) in [7, 11) is 2.13. The van der Waals surface area contributed by atoms with E-state index >= 15 is 0 Å². The van der Waals surface area contributed by atoms with E-state index < -0.39 is 0 Å². The molecule has 0 radical (unpaired) electrons. The largest absolute Gasteiger partial charge is 0.508 e. The number of carbonyl (C=O) groups is 1. The van der Waals surface area contributed by atoms with Crippen LogP contribution in [-0.4, -0.2) is 55.8 Å². The molecule has 3 N–H and O–H groups in total. The van der Waals surface area contributed by atoms with Gasteiger partial charge in [0.25, 0.3) is 0 Å². The summed E-state index contributed by atoms with van der Waals surface area (Å²) in [5.74, 6) is 0.250. The topological polar surface area (TPSA) is 67.8 Å². The predicted octanol–water partition coefficient (Wildman–Crippen LogP) is 2.51. The Balaban J connectivity index is 1.53. The number of carbonyl (C=O) groups excluding carboxylic acids is 1. The van der Waals surface area contributed by atoms with E-state index in [0.29, 0.717) is 13.0 Å². The third-order valence-corrected chi connectivity index (χ3v) is 4.63. The molecule has 0 bridgehead atoms. The van der Waals surface area contributed by atoms with Gasteiger partial charge in [-0.25, -0.2) is 4.79 Å². The molecule has 1 heterocycles. The van der Waals surface area contributed by atoms with Crippen molar-refractivity contribution in [1.82, 2.24) is 10.2 Å². The molecule has 0 unspecified atom stereocenters. The number of aromatic hydroxyl groups is 1. The second-order valence-electron chi connectivity index (χ2n) is 6.60. The highest BCUT2D eigenvalue weighted by Gasteiger charge is 2.17. The maximum atomic E-state index is 12.3. The summed E-state index contributed by atoms with van der Waals surface area (Å²) in [6, 6.07) is 14.8. The molecule has 3 rings (SSSR count). The molecular weight excluding hydrogens is 328 g/mol. The van der Waals surface area contributed by atoms with Gasteiger partial charge in [-0.2, -0.15) is 0 Å². The van der Waals surface area contributed by atoms with Crippen LogP contribution < -0.4 is 15.5 Å². The summed E-state index contributed by atoms with van der Waals surface area (Å²) < 4.78 is 0. The number of urea groups is 1. The van der Waals surface area contributed by atoms with Crippen molar-refractivity contribution in [3.8, 4) is 5.75 Å². The van der Waals surface area contributed by atoms with E-state index in [1.807, 2.05) is 30.3 Å². The first-order valence-electron chi connectivity index (χ1n) is 8.97. The van der Waals surface area contributed by atoms with Gasteiger partial charge < -0.3 is 25.5 Å². The number of piperazine rings is 1. The first-order valence-corrected chi connectivity index (χ1v) is 8.97. The fraction of sp³-hybridized carbons (Fsp3) is 0.350. The molecule has 1 saturated heterocycles. The van der Waals surface area contributed by atoms with Crippen molar-refractivity contribution in [2.75, 3.05) is 50.0 Å². The van der Waals surface area contributed by atoms with Gasteiger partial charge in [0.1, 0.15) is 5.75 Å². The molecule has 2 aromatic carbocycles. The number of likely N-dealkylation sites (N-methyl/N-ethyl adjacent to an activating group) is 1. The van der Waals surface area contributed by atoms with Crippen LogP contribution in [0.2, 0.25) is 0 Å². The lowest BCUT2D eigenvalue weighted by Crippen LogP contribution is -2.44. The van der Waals surface area contributed by atoms with Crippen molar-refractivity contribution in [2.45, 2.75) is 6.42 Å². The molecule has 6 heteroatoms. The summed E-state index contributed by atoms with van der Waals surface area (Å²) in [5, 5.41) is 15.2. The van der Waals surface area contributed by atoms with Gasteiger partial charge in [-0.3, -0.25) is 0 Å². The highest BCUT2D eigenvalue weighted by atomic mass is 16.3. The van der Waals surface area contributed by atoms with E-state index in [0.717, 1.165) is 43.1 Å². The Kier molecular flexibility index (Phi) is 5.96. The molecule has 0 atom stereocenters. The number of benzene rings is 2. The third-order valence-electron chi connectivity index (χ3n) is 4.63. The summed E-state index contributed by atoms with van der Waals surface area (Å²) in [5.41, 5.74) is 2.97. The smallest absolute Gasteiger partial charge is 0.319 e. The number of rotatable bonds is 5. The number of hydrogen-bond donors (Lipinski definition) is 3. The normalized spacial score (nSPS) is 14.9. The molecule has 0 aromatic heterocycles. The van der Waals surface area contributed by atoms with Crippen molar-refractivity contribution in [2.24, 2.45) is 0 Å². The maximum Gasteiger partial charge on any atom is 0.319 e. The van der Waals surface area contributed by atoms with Crippen LogP contribution in [0.1, 0.15) is 5.56 Å². The Bertz CT molecular complexity index is 725. The standard InChI is InChI=1S/C20H26N4O2/c1-23-12-14-24(15-13-23)19-5-3-2-4-18(19)22-20(26)21-11-10-16-6-8-17(25)9-7-16/h2-9,25H,10-15H2,1H3,(H2,21,22,26). The van der Waals surface area contributed by atoms with Crippen LogP contribution in [0.5, 0.6) is 5.75 Å². The maximum absolute atomic E-state index is 12.3. The number of hydrogen-bond acceptors (Lipinski definition) is 4. The Morgan fingerprint density at radius 2 is 1.73 bits per heavy atom. The third kappa shape index (κ3) is 4.89. The van der Waals surface area contributed by atoms with Crippen LogP contribution in [0.25, 0.3) is 0 Å². The number of anilines is 2. The van der Waals surface area contributed by atoms with Crippen molar-refractivity contribution in [3.05, 3.63) is 54.1 Å². The average Bonchev–Trinajstić information content (AvgIpc) is 2.65. The van der Waals surface area contributed by atoms with Gasteiger partial charge in [-0.15, -0.1) is 0 Å². The van der Waals surface area contributed by atoms with Gasteiger partial charge >= 0.3 is 6.03 Å². The molecule has 2 aromatic rings. The van der Waals surface area contributed by atoms with Crippen molar-refractivity contribution in [3.63, 3.8) is 0 Å². The highest BCUT2D eigenvalue weighted by molar-refractivity contribution is 5.93. The molecule has 0 saturated carbocycles. The number of phenolic OH excluding ortho intramolecular Hbond substituents is 1. The Hall–Kier alpha value is -2.73. The number of amides is 2. The number of para-hydroxylation sites is 2. The molecule has 1 aliphatic rings. The fourth-order valence-electron chi connectivity index (χ4n) is 3.05. The van der Waals surface area contributed by atoms with Gasteiger partial charge in [0.2, 0.25) is 0 Å². The second kappa shape index (κ2) is 8.58. The van der Waals surface area contributed by atoms with Crippen LogP contribution >= 0.6 is 0 Å². The summed E-state index contributed by atoms with van der Waals surface area (Å²) >= 11 is 0. The highest BCUT2D eigenvalue weighted by Crippen LogP contribution is 2.26. The average molecular weight is 354 g/mol. The molecular formula is C20H26N4O2. The fourth-order valence-corrected chi connectivity index (χ4v) is 3.05. The lowest BCUT2D eigenvalue weighted by molar-refractivity contribution is 0.252.